The van der Waals surface area contributed by atoms with Crippen LogP contribution in [0.1, 0.15) is 27.7 Å². The van der Waals surface area contributed by atoms with Crippen LogP contribution in [0, 0.1) is 0 Å². The summed E-state index contributed by atoms with van der Waals surface area (Å²) < 4.78 is 5.06. The highest BCUT2D eigenvalue weighted by Crippen LogP contribution is 2.10. The first-order valence-corrected chi connectivity index (χ1v) is 5.17. The van der Waals surface area contributed by atoms with Crippen LogP contribution < -0.4 is 10.6 Å². The molecule has 0 saturated carbocycles. The number of methoxy groups -OCH3 is 1. The van der Waals surface area contributed by atoms with Gasteiger partial charge in [-0.3, -0.25) is 0 Å². The summed E-state index contributed by atoms with van der Waals surface area (Å²) in [5.41, 5.74) is -0.0779. The molecular formula is C10H19N5O. The average Bonchev–Trinajstić information content (AvgIpc) is 2.15. The van der Waals surface area contributed by atoms with E-state index in [0.717, 1.165) is 0 Å². The topological polar surface area (TPSA) is 72.0 Å². The number of hydrogen-bond acceptors (Lipinski definition) is 6. The van der Waals surface area contributed by atoms with Crippen LogP contribution in [0.4, 0.5) is 11.9 Å². The number of nitrogens with zero attached hydrogens (tertiary/aromatic N) is 3. The molecule has 1 aromatic rings. The Kier molecular flexibility index (Phi) is 4.00. The van der Waals surface area contributed by atoms with Crippen LogP contribution in [0.5, 0.6) is 0 Å². The van der Waals surface area contributed by atoms with Crippen molar-refractivity contribution in [1.82, 2.24) is 15.0 Å². The summed E-state index contributed by atoms with van der Waals surface area (Å²) in [6, 6.07) is 0. The molecule has 6 nitrogen and oxygen atoms in total. The van der Waals surface area contributed by atoms with E-state index in [2.05, 4.69) is 25.6 Å². The molecule has 1 aromatic heterocycles. The number of rotatable bonds is 4. The van der Waals surface area contributed by atoms with E-state index in [1.165, 1.54) is 6.33 Å². The lowest BCUT2D eigenvalue weighted by molar-refractivity contribution is 0.140. The van der Waals surface area contributed by atoms with E-state index in [4.69, 9.17) is 4.74 Å². The van der Waals surface area contributed by atoms with Crippen LogP contribution in [0.15, 0.2) is 6.33 Å². The fraction of sp³-hybridized carbons (Fsp3) is 0.700. The van der Waals surface area contributed by atoms with E-state index in [1.54, 1.807) is 7.11 Å². The zero-order chi connectivity index (χ0) is 12.2. The largest absolute Gasteiger partial charge is 0.362 e. The van der Waals surface area contributed by atoms with E-state index in [1.807, 2.05) is 27.7 Å². The SMILES string of the molecule is COC(C)Nc1ncnc(NC(C)(C)C)n1. The highest BCUT2D eigenvalue weighted by Gasteiger charge is 2.12. The van der Waals surface area contributed by atoms with Gasteiger partial charge in [-0.1, -0.05) is 0 Å². The first kappa shape index (κ1) is 12.6. The number of hydrogen-bond donors (Lipinski definition) is 2. The molecule has 16 heavy (non-hydrogen) atoms. The number of ether oxygens (including phenoxy) is 1. The Bertz CT molecular complexity index is 336. The minimum atomic E-state index is -0.134. The van der Waals surface area contributed by atoms with Crippen LogP contribution in [0.2, 0.25) is 0 Å². The maximum absolute atomic E-state index is 5.06. The summed E-state index contributed by atoms with van der Waals surface area (Å²) in [5.74, 6) is 1.05. The van der Waals surface area contributed by atoms with Gasteiger partial charge in [0.2, 0.25) is 11.9 Å². The number of anilines is 2. The highest BCUT2D eigenvalue weighted by molar-refractivity contribution is 5.34. The zero-order valence-corrected chi connectivity index (χ0v) is 10.4. The molecule has 0 aliphatic carbocycles. The Morgan fingerprint density at radius 3 is 2.44 bits per heavy atom. The van der Waals surface area contributed by atoms with Crippen LogP contribution in [0.3, 0.4) is 0 Å². The summed E-state index contributed by atoms with van der Waals surface area (Å²) in [4.78, 5) is 12.3. The molecule has 0 fully saturated rings. The Balaban J connectivity index is 2.71. The quantitative estimate of drug-likeness (QED) is 0.756. The Labute approximate surface area is 95.9 Å². The minimum absolute atomic E-state index is 0.0779. The number of nitrogens with one attached hydrogen (secondary N) is 2. The van der Waals surface area contributed by atoms with Gasteiger partial charge in [-0.25, -0.2) is 9.97 Å². The molecule has 0 bridgehead atoms. The van der Waals surface area contributed by atoms with Gasteiger partial charge in [0.15, 0.2) is 0 Å². The standard InChI is InChI=1S/C10H19N5O/c1-7(16-5)13-8-11-6-12-9(14-8)15-10(2,3)4/h6-7H,1-5H3,(H2,11,12,13,14,15). The van der Waals surface area contributed by atoms with Crippen molar-refractivity contribution in [3.63, 3.8) is 0 Å². The van der Waals surface area contributed by atoms with Crippen molar-refractivity contribution in [3.05, 3.63) is 6.33 Å². The van der Waals surface area contributed by atoms with Crippen molar-refractivity contribution in [3.8, 4) is 0 Å². The maximum Gasteiger partial charge on any atom is 0.229 e. The van der Waals surface area contributed by atoms with E-state index >= 15 is 0 Å². The molecule has 0 radical (unpaired) electrons. The third-order valence-corrected chi connectivity index (χ3v) is 1.74. The van der Waals surface area contributed by atoms with Crippen LogP contribution in [-0.2, 0) is 4.74 Å². The predicted octanol–water partition coefficient (Wildman–Crippen LogP) is 1.49. The lowest BCUT2D eigenvalue weighted by Crippen LogP contribution is -2.28. The van der Waals surface area contributed by atoms with Crippen molar-refractivity contribution >= 4 is 11.9 Å². The van der Waals surface area contributed by atoms with Crippen LogP contribution in [0.25, 0.3) is 0 Å². The molecular weight excluding hydrogens is 206 g/mol. The second-order valence-electron chi connectivity index (χ2n) is 4.53. The normalized spacial score (nSPS) is 13.3. The van der Waals surface area contributed by atoms with Crippen molar-refractivity contribution < 1.29 is 4.74 Å². The van der Waals surface area contributed by atoms with Crippen LogP contribution >= 0.6 is 0 Å². The molecule has 1 unspecified atom stereocenters. The van der Waals surface area contributed by atoms with Crippen molar-refractivity contribution in [2.45, 2.75) is 39.5 Å². The number of aromatic nitrogens is 3. The molecule has 0 aromatic carbocycles. The molecule has 0 aliphatic rings. The maximum atomic E-state index is 5.06. The van der Waals surface area contributed by atoms with Gasteiger partial charge in [0.25, 0.3) is 0 Å². The van der Waals surface area contributed by atoms with Crippen molar-refractivity contribution in [2.75, 3.05) is 17.7 Å². The summed E-state index contributed by atoms with van der Waals surface area (Å²) >= 11 is 0. The smallest absolute Gasteiger partial charge is 0.229 e. The highest BCUT2D eigenvalue weighted by atomic mass is 16.5. The molecule has 1 rings (SSSR count). The first-order chi connectivity index (χ1) is 7.40. The lowest BCUT2D eigenvalue weighted by Gasteiger charge is -2.20. The molecule has 1 heterocycles. The van der Waals surface area contributed by atoms with E-state index in [9.17, 15) is 0 Å². The van der Waals surface area contributed by atoms with Gasteiger partial charge < -0.3 is 15.4 Å². The Morgan fingerprint density at radius 1 is 1.25 bits per heavy atom. The Morgan fingerprint density at radius 2 is 1.88 bits per heavy atom. The monoisotopic (exact) mass is 225 g/mol. The van der Waals surface area contributed by atoms with Gasteiger partial charge in [-0.2, -0.15) is 4.98 Å². The van der Waals surface area contributed by atoms with E-state index in [-0.39, 0.29) is 11.8 Å². The predicted molar refractivity (Wildman–Crippen MR) is 63.3 cm³/mol. The fourth-order valence-electron chi connectivity index (χ4n) is 1.00. The molecule has 0 spiro atoms. The Hall–Kier alpha value is -1.43. The van der Waals surface area contributed by atoms with Gasteiger partial charge in [-0.05, 0) is 27.7 Å². The lowest BCUT2D eigenvalue weighted by atomic mass is 10.1. The molecule has 90 valence electrons. The second-order valence-corrected chi connectivity index (χ2v) is 4.53. The van der Waals surface area contributed by atoms with Gasteiger partial charge in [0, 0.05) is 12.6 Å². The summed E-state index contributed by atoms with van der Waals surface area (Å²) in [7, 11) is 1.62. The molecule has 6 heteroatoms. The molecule has 0 aliphatic heterocycles. The summed E-state index contributed by atoms with van der Waals surface area (Å²) in [6.07, 6.45) is 1.33. The van der Waals surface area contributed by atoms with Crippen molar-refractivity contribution in [2.24, 2.45) is 0 Å². The first-order valence-electron chi connectivity index (χ1n) is 5.17. The third-order valence-electron chi connectivity index (χ3n) is 1.74. The third kappa shape index (κ3) is 4.39. The van der Waals surface area contributed by atoms with E-state index < -0.39 is 0 Å². The van der Waals surface area contributed by atoms with Gasteiger partial charge >= 0.3 is 0 Å². The van der Waals surface area contributed by atoms with Crippen molar-refractivity contribution in [1.29, 1.82) is 0 Å². The summed E-state index contributed by atoms with van der Waals surface area (Å²) in [5, 5.41) is 6.16. The van der Waals surface area contributed by atoms with Gasteiger partial charge in [0.05, 0.1) is 0 Å². The molecule has 1 atom stereocenters. The molecule has 2 N–H and O–H groups in total. The molecule has 0 amide bonds. The van der Waals surface area contributed by atoms with Crippen LogP contribution in [-0.4, -0.2) is 33.8 Å². The zero-order valence-electron chi connectivity index (χ0n) is 10.4. The minimum Gasteiger partial charge on any atom is -0.362 e. The fourth-order valence-corrected chi connectivity index (χ4v) is 1.00. The molecule has 0 saturated heterocycles. The second kappa shape index (κ2) is 5.07. The summed E-state index contributed by atoms with van der Waals surface area (Å²) in [6.45, 7) is 8.01. The van der Waals surface area contributed by atoms with E-state index in [0.29, 0.717) is 11.9 Å². The van der Waals surface area contributed by atoms with Gasteiger partial charge in [0.1, 0.15) is 12.6 Å². The van der Waals surface area contributed by atoms with Gasteiger partial charge in [-0.15, -0.1) is 0 Å². The average molecular weight is 225 g/mol.